The highest BCUT2D eigenvalue weighted by Gasteiger charge is 2.29. The van der Waals surface area contributed by atoms with Crippen molar-refractivity contribution in [3.8, 4) is 11.1 Å². The van der Waals surface area contributed by atoms with Gasteiger partial charge >= 0.3 is 0 Å². The van der Waals surface area contributed by atoms with Crippen LogP contribution in [0.25, 0.3) is 11.1 Å². The van der Waals surface area contributed by atoms with Gasteiger partial charge in [-0.2, -0.15) is 0 Å². The number of methoxy groups -OCH3 is 1. The zero-order chi connectivity index (χ0) is 14.7. The van der Waals surface area contributed by atoms with Crippen LogP contribution in [0.2, 0.25) is 0 Å². The van der Waals surface area contributed by atoms with E-state index in [0.717, 1.165) is 29.7 Å². The summed E-state index contributed by atoms with van der Waals surface area (Å²) in [5.74, 6) is 0.147. The van der Waals surface area contributed by atoms with Crippen LogP contribution in [0, 0.1) is 0 Å². The molecule has 2 unspecified atom stereocenters. The van der Waals surface area contributed by atoms with E-state index in [1.165, 1.54) is 0 Å². The molecule has 3 heteroatoms. The highest BCUT2D eigenvalue weighted by Crippen LogP contribution is 2.21. The first kappa shape index (κ1) is 14.0. The first-order chi connectivity index (χ1) is 10.3. The topological polar surface area (TPSA) is 38.3 Å². The van der Waals surface area contributed by atoms with E-state index in [2.05, 4.69) is 17.4 Å². The average molecular weight is 281 g/mol. The number of Topliss-reactive ketones (excluding diaryl/α,β-unsaturated/α-hetero) is 1. The molecule has 2 atom stereocenters. The van der Waals surface area contributed by atoms with Gasteiger partial charge in [-0.05, 0) is 17.5 Å². The van der Waals surface area contributed by atoms with E-state index in [1.54, 1.807) is 7.11 Å². The number of hydrogen-bond acceptors (Lipinski definition) is 3. The molecule has 0 spiro atoms. The minimum atomic E-state index is -0.127. The Balaban J connectivity index is 1.74. The van der Waals surface area contributed by atoms with Crippen LogP contribution in [0.5, 0.6) is 0 Å². The highest BCUT2D eigenvalue weighted by molar-refractivity contribution is 6.00. The molecular formula is C18H19NO2. The molecule has 0 radical (unpaired) electrons. The Morgan fingerprint density at radius 1 is 1.05 bits per heavy atom. The summed E-state index contributed by atoms with van der Waals surface area (Å²) in [6.45, 7) is 0.745. The van der Waals surface area contributed by atoms with Crippen LogP contribution >= 0.6 is 0 Å². The fourth-order valence-electron chi connectivity index (χ4n) is 2.74. The Hall–Kier alpha value is -1.97. The normalized spacial score (nSPS) is 21.4. The number of hydrogen-bond donors (Lipinski definition) is 1. The van der Waals surface area contributed by atoms with E-state index in [0.29, 0.717) is 0 Å². The molecule has 2 aromatic rings. The summed E-state index contributed by atoms with van der Waals surface area (Å²) in [4.78, 5) is 12.4. The number of carbonyl (C=O) groups is 1. The summed E-state index contributed by atoms with van der Waals surface area (Å²) in [6, 6.07) is 17.9. The molecule has 1 saturated heterocycles. The Morgan fingerprint density at radius 3 is 2.33 bits per heavy atom. The number of ether oxygens (including phenoxy) is 1. The maximum Gasteiger partial charge on any atom is 0.179 e. The molecule has 21 heavy (non-hydrogen) atoms. The number of ketones is 1. The zero-order valence-corrected chi connectivity index (χ0v) is 12.1. The number of carbonyl (C=O) groups excluding carboxylic acids is 1. The van der Waals surface area contributed by atoms with E-state index in [-0.39, 0.29) is 17.9 Å². The van der Waals surface area contributed by atoms with E-state index < -0.39 is 0 Å². The van der Waals surface area contributed by atoms with Gasteiger partial charge in [-0.3, -0.25) is 4.79 Å². The molecule has 0 aliphatic carbocycles. The van der Waals surface area contributed by atoms with Gasteiger partial charge in [0.05, 0.1) is 12.1 Å². The van der Waals surface area contributed by atoms with Crippen molar-refractivity contribution in [2.75, 3.05) is 13.7 Å². The molecule has 0 aromatic heterocycles. The van der Waals surface area contributed by atoms with Gasteiger partial charge in [-0.25, -0.2) is 0 Å². The van der Waals surface area contributed by atoms with Crippen LogP contribution in [0.4, 0.5) is 0 Å². The first-order valence-electron chi connectivity index (χ1n) is 7.24. The summed E-state index contributed by atoms with van der Waals surface area (Å²) >= 11 is 0. The van der Waals surface area contributed by atoms with Crippen molar-refractivity contribution >= 4 is 5.78 Å². The number of rotatable bonds is 4. The van der Waals surface area contributed by atoms with Crippen LogP contribution in [0.3, 0.4) is 0 Å². The average Bonchev–Trinajstić information content (AvgIpc) is 3.04. The third kappa shape index (κ3) is 3.04. The molecule has 3 nitrogen and oxygen atoms in total. The number of nitrogens with one attached hydrogen (secondary N) is 1. The fourth-order valence-corrected chi connectivity index (χ4v) is 2.74. The van der Waals surface area contributed by atoms with Crippen molar-refractivity contribution in [2.45, 2.75) is 18.6 Å². The van der Waals surface area contributed by atoms with Crippen LogP contribution in [-0.4, -0.2) is 31.6 Å². The smallest absolute Gasteiger partial charge is 0.179 e. The SMILES string of the molecule is COC1CNC(C(=O)c2ccc(-c3ccccc3)cc2)C1. The van der Waals surface area contributed by atoms with E-state index >= 15 is 0 Å². The molecule has 3 rings (SSSR count). The molecule has 1 aliphatic rings. The Bertz CT molecular complexity index is 607. The summed E-state index contributed by atoms with van der Waals surface area (Å²) in [6.07, 6.45) is 0.887. The van der Waals surface area contributed by atoms with Gasteiger partial charge < -0.3 is 10.1 Å². The highest BCUT2D eigenvalue weighted by atomic mass is 16.5. The van der Waals surface area contributed by atoms with Gasteiger partial charge in [0.2, 0.25) is 0 Å². The molecule has 108 valence electrons. The van der Waals surface area contributed by atoms with Gasteiger partial charge in [-0.15, -0.1) is 0 Å². The van der Waals surface area contributed by atoms with Crippen LogP contribution in [-0.2, 0) is 4.74 Å². The summed E-state index contributed by atoms with van der Waals surface area (Å²) in [5.41, 5.74) is 3.04. The first-order valence-corrected chi connectivity index (χ1v) is 7.24. The summed E-state index contributed by atoms with van der Waals surface area (Å²) < 4.78 is 5.29. The van der Waals surface area contributed by atoms with Gasteiger partial charge in [0.15, 0.2) is 5.78 Å². The second-order valence-electron chi connectivity index (χ2n) is 5.36. The second kappa shape index (κ2) is 6.20. The molecule has 1 fully saturated rings. The fraction of sp³-hybridized carbons (Fsp3) is 0.278. The van der Waals surface area contributed by atoms with Crippen molar-refractivity contribution in [1.82, 2.24) is 5.32 Å². The lowest BCUT2D eigenvalue weighted by molar-refractivity contribution is 0.0919. The lowest BCUT2D eigenvalue weighted by Gasteiger charge is -2.10. The van der Waals surface area contributed by atoms with E-state index in [9.17, 15) is 4.79 Å². The molecule has 0 bridgehead atoms. The molecule has 1 heterocycles. The van der Waals surface area contributed by atoms with E-state index in [4.69, 9.17) is 4.74 Å². The van der Waals surface area contributed by atoms with Crippen LogP contribution in [0.15, 0.2) is 54.6 Å². The Morgan fingerprint density at radius 2 is 1.71 bits per heavy atom. The molecule has 1 N–H and O–H groups in total. The van der Waals surface area contributed by atoms with Crippen molar-refractivity contribution in [2.24, 2.45) is 0 Å². The largest absolute Gasteiger partial charge is 0.380 e. The third-order valence-corrected chi connectivity index (χ3v) is 4.02. The van der Waals surface area contributed by atoms with Crippen molar-refractivity contribution in [3.63, 3.8) is 0 Å². The standard InChI is InChI=1S/C18H19NO2/c1-21-16-11-17(19-12-16)18(20)15-9-7-14(8-10-15)13-5-3-2-4-6-13/h2-10,16-17,19H,11-12H2,1H3. The van der Waals surface area contributed by atoms with Crippen LogP contribution in [0.1, 0.15) is 16.8 Å². The van der Waals surface area contributed by atoms with Gasteiger partial charge in [0.1, 0.15) is 0 Å². The molecular weight excluding hydrogens is 262 g/mol. The maximum absolute atomic E-state index is 12.4. The van der Waals surface area contributed by atoms with Gasteiger partial charge in [-0.1, -0.05) is 54.6 Å². The monoisotopic (exact) mass is 281 g/mol. The Kier molecular flexibility index (Phi) is 4.13. The minimum Gasteiger partial charge on any atom is -0.380 e. The summed E-state index contributed by atoms with van der Waals surface area (Å²) in [5, 5.41) is 3.23. The molecule has 1 aliphatic heterocycles. The third-order valence-electron chi connectivity index (χ3n) is 4.02. The predicted molar refractivity (Wildman–Crippen MR) is 83.4 cm³/mol. The van der Waals surface area contributed by atoms with Gasteiger partial charge in [0, 0.05) is 19.2 Å². The van der Waals surface area contributed by atoms with Crippen molar-refractivity contribution in [3.05, 3.63) is 60.2 Å². The van der Waals surface area contributed by atoms with Crippen molar-refractivity contribution in [1.29, 1.82) is 0 Å². The quantitative estimate of drug-likeness (QED) is 0.876. The van der Waals surface area contributed by atoms with Crippen molar-refractivity contribution < 1.29 is 9.53 Å². The second-order valence-corrected chi connectivity index (χ2v) is 5.36. The van der Waals surface area contributed by atoms with Crippen LogP contribution < -0.4 is 5.32 Å². The lowest BCUT2D eigenvalue weighted by Crippen LogP contribution is -2.30. The zero-order valence-electron chi connectivity index (χ0n) is 12.1. The lowest BCUT2D eigenvalue weighted by atomic mass is 9.99. The Labute approximate surface area is 124 Å². The number of benzene rings is 2. The molecule has 2 aromatic carbocycles. The molecule has 0 amide bonds. The van der Waals surface area contributed by atoms with Gasteiger partial charge in [0.25, 0.3) is 0 Å². The maximum atomic E-state index is 12.4. The summed E-state index contributed by atoms with van der Waals surface area (Å²) in [7, 11) is 1.69. The molecule has 0 saturated carbocycles. The minimum absolute atomic E-state index is 0.127. The predicted octanol–water partition coefficient (Wildman–Crippen LogP) is 2.91. The van der Waals surface area contributed by atoms with E-state index in [1.807, 2.05) is 42.5 Å².